The van der Waals surface area contributed by atoms with Crippen molar-refractivity contribution in [2.45, 2.75) is 6.42 Å². The quantitative estimate of drug-likeness (QED) is 0.744. The molecule has 20 heavy (non-hydrogen) atoms. The average Bonchev–Trinajstić information content (AvgIpc) is 2.84. The van der Waals surface area contributed by atoms with Gasteiger partial charge >= 0.3 is 0 Å². The fourth-order valence-electron chi connectivity index (χ4n) is 2.08. The molecule has 0 aliphatic rings. The zero-order chi connectivity index (χ0) is 13.9. The third-order valence-electron chi connectivity index (χ3n) is 3.09. The number of nitrogens with zero attached hydrogens (tertiary/aromatic N) is 1. The normalized spacial score (nSPS) is 10.9. The number of halogens is 2. The van der Waals surface area contributed by atoms with Gasteiger partial charge in [-0.05, 0) is 36.2 Å². The van der Waals surface area contributed by atoms with Crippen LogP contribution in [0.25, 0.3) is 11.0 Å². The minimum absolute atomic E-state index is 0.656. The first-order valence-electron chi connectivity index (χ1n) is 6.35. The van der Waals surface area contributed by atoms with Crippen LogP contribution in [0.5, 0.6) is 0 Å². The van der Waals surface area contributed by atoms with Crippen LogP contribution in [-0.2, 0) is 6.42 Å². The largest absolute Gasteiger partial charge is 0.355 e. The minimum atomic E-state index is 0.656. The highest BCUT2D eigenvalue weighted by atomic mass is 35.5. The predicted octanol–water partition coefficient (Wildman–Crippen LogP) is 4.52. The molecule has 0 bridgehead atoms. The van der Waals surface area contributed by atoms with Crippen molar-refractivity contribution in [3.8, 4) is 0 Å². The van der Waals surface area contributed by atoms with Gasteiger partial charge in [-0.15, -0.1) is 0 Å². The molecule has 102 valence electrons. The molecule has 0 fully saturated rings. The molecular weight excluding hydrogens is 293 g/mol. The maximum absolute atomic E-state index is 6.14. The molecule has 2 N–H and O–H groups in total. The number of imidazole rings is 1. The van der Waals surface area contributed by atoms with Crippen molar-refractivity contribution in [2.24, 2.45) is 0 Å². The third kappa shape index (κ3) is 2.89. The Bertz CT molecular complexity index is 704. The Morgan fingerprint density at radius 2 is 1.95 bits per heavy atom. The number of fused-ring (bicyclic) bond motifs is 1. The third-order valence-corrected chi connectivity index (χ3v) is 3.68. The SMILES string of the molecule is Clc1ccc(CCNc2nc3ccccc3[nH]2)c(Cl)c1. The number of nitrogens with one attached hydrogen (secondary N) is 2. The first-order valence-corrected chi connectivity index (χ1v) is 7.10. The van der Waals surface area contributed by atoms with E-state index in [2.05, 4.69) is 15.3 Å². The van der Waals surface area contributed by atoms with E-state index >= 15 is 0 Å². The Morgan fingerprint density at radius 3 is 2.75 bits per heavy atom. The van der Waals surface area contributed by atoms with Crippen LogP contribution < -0.4 is 5.32 Å². The Morgan fingerprint density at radius 1 is 1.10 bits per heavy atom. The van der Waals surface area contributed by atoms with Crippen molar-refractivity contribution in [3.05, 3.63) is 58.1 Å². The standard InChI is InChI=1S/C15H13Cl2N3/c16-11-6-5-10(12(17)9-11)7-8-18-15-19-13-3-1-2-4-14(13)20-15/h1-6,9H,7-8H2,(H2,18,19,20). The molecule has 0 aliphatic carbocycles. The minimum Gasteiger partial charge on any atom is -0.355 e. The van der Waals surface area contributed by atoms with Gasteiger partial charge in [0.15, 0.2) is 0 Å². The summed E-state index contributed by atoms with van der Waals surface area (Å²) >= 11 is 12.0. The highest BCUT2D eigenvalue weighted by Crippen LogP contribution is 2.21. The highest BCUT2D eigenvalue weighted by Gasteiger charge is 2.03. The van der Waals surface area contributed by atoms with E-state index in [4.69, 9.17) is 23.2 Å². The summed E-state index contributed by atoms with van der Waals surface area (Å²) in [4.78, 5) is 7.69. The van der Waals surface area contributed by atoms with Crippen molar-refractivity contribution in [2.75, 3.05) is 11.9 Å². The van der Waals surface area contributed by atoms with Gasteiger partial charge in [0.1, 0.15) is 0 Å². The zero-order valence-electron chi connectivity index (χ0n) is 10.7. The molecule has 0 atom stereocenters. The number of para-hydroxylation sites is 2. The van der Waals surface area contributed by atoms with Gasteiger partial charge in [0.2, 0.25) is 5.95 Å². The summed E-state index contributed by atoms with van der Waals surface area (Å²) in [5.74, 6) is 0.774. The molecule has 1 heterocycles. The molecule has 3 rings (SSSR count). The number of anilines is 1. The van der Waals surface area contributed by atoms with E-state index in [9.17, 15) is 0 Å². The molecule has 0 unspecified atom stereocenters. The lowest BCUT2D eigenvalue weighted by molar-refractivity contribution is 1.000. The summed E-state index contributed by atoms with van der Waals surface area (Å²) in [6, 6.07) is 13.5. The summed E-state index contributed by atoms with van der Waals surface area (Å²) in [5.41, 5.74) is 3.05. The van der Waals surface area contributed by atoms with E-state index in [0.717, 1.165) is 35.5 Å². The van der Waals surface area contributed by atoms with Gasteiger partial charge < -0.3 is 10.3 Å². The van der Waals surface area contributed by atoms with Crippen LogP contribution in [0.3, 0.4) is 0 Å². The number of benzene rings is 2. The van der Waals surface area contributed by atoms with E-state index in [1.54, 1.807) is 6.07 Å². The lowest BCUT2D eigenvalue weighted by Gasteiger charge is -2.05. The summed E-state index contributed by atoms with van der Waals surface area (Å²) in [7, 11) is 0. The Hall–Kier alpha value is -1.71. The first-order chi connectivity index (χ1) is 9.72. The van der Waals surface area contributed by atoms with Gasteiger partial charge in [-0.1, -0.05) is 41.4 Å². The molecule has 5 heteroatoms. The van der Waals surface area contributed by atoms with E-state index in [1.807, 2.05) is 36.4 Å². The molecule has 0 saturated heterocycles. The van der Waals surface area contributed by atoms with Gasteiger partial charge in [-0.25, -0.2) is 4.98 Å². The Kier molecular flexibility index (Phi) is 3.81. The monoisotopic (exact) mass is 305 g/mol. The van der Waals surface area contributed by atoms with E-state index in [-0.39, 0.29) is 0 Å². The number of aromatic nitrogens is 2. The van der Waals surface area contributed by atoms with Crippen molar-refractivity contribution < 1.29 is 0 Å². The van der Waals surface area contributed by atoms with Gasteiger partial charge in [-0.2, -0.15) is 0 Å². The average molecular weight is 306 g/mol. The maximum Gasteiger partial charge on any atom is 0.201 e. The van der Waals surface area contributed by atoms with E-state index in [1.165, 1.54) is 0 Å². The lowest BCUT2D eigenvalue weighted by Crippen LogP contribution is -2.06. The molecular formula is C15H13Cl2N3. The molecule has 2 aromatic carbocycles. The van der Waals surface area contributed by atoms with Crippen molar-refractivity contribution in [1.82, 2.24) is 9.97 Å². The highest BCUT2D eigenvalue weighted by molar-refractivity contribution is 6.35. The molecule has 0 spiro atoms. The summed E-state index contributed by atoms with van der Waals surface area (Å²) in [5, 5.41) is 4.62. The maximum atomic E-state index is 6.14. The number of hydrogen-bond acceptors (Lipinski definition) is 2. The van der Waals surface area contributed by atoms with Crippen LogP contribution in [0.2, 0.25) is 10.0 Å². The van der Waals surface area contributed by atoms with E-state index < -0.39 is 0 Å². The molecule has 0 saturated carbocycles. The molecule has 0 amide bonds. The lowest BCUT2D eigenvalue weighted by atomic mass is 10.1. The number of hydrogen-bond donors (Lipinski definition) is 2. The van der Waals surface area contributed by atoms with Crippen LogP contribution in [-0.4, -0.2) is 16.5 Å². The van der Waals surface area contributed by atoms with Crippen molar-refractivity contribution >= 4 is 40.2 Å². The molecule has 0 radical (unpaired) electrons. The molecule has 1 aromatic heterocycles. The Labute approximate surface area is 126 Å². The van der Waals surface area contributed by atoms with E-state index in [0.29, 0.717) is 10.0 Å². The Balaban J connectivity index is 1.64. The fourth-order valence-corrected chi connectivity index (χ4v) is 2.58. The van der Waals surface area contributed by atoms with Gasteiger partial charge in [0, 0.05) is 16.6 Å². The van der Waals surface area contributed by atoms with Crippen LogP contribution in [0.15, 0.2) is 42.5 Å². The smallest absolute Gasteiger partial charge is 0.201 e. The second-order valence-electron chi connectivity index (χ2n) is 4.52. The first kappa shape index (κ1) is 13.3. The number of H-pyrrole nitrogens is 1. The summed E-state index contributed by atoms with van der Waals surface area (Å²) in [6.45, 7) is 0.751. The molecule has 3 nitrogen and oxygen atoms in total. The van der Waals surface area contributed by atoms with Crippen LogP contribution in [0.4, 0.5) is 5.95 Å². The fraction of sp³-hybridized carbons (Fsp3) is 0.133. The zero-order valence-corrected chi connectivity index (χ0v) is 12.2. The van der Waals surface area contributed by atoms with Gasteiger partial charge in [0.05, 0.1) is 11.0 Å². The second kappa shape index (κ2) is 5.73. The topological polar surface area (TPSA) is 40.7 Å². The van der Waals surface area contributed by atoms with Crippen molar-refractivity contribution in [3.63, 3.8) is 0 Å². The summed E-state index contributed by atoms with van der Waals surface area (Å²) < 4.78 is 0. The van der Waals surface area contributed by atoms with Gasteiger partial charge in [0.25, 0.3) is 0 Å². The van der Waals surface area contributed by atoms with Crippen LogP contribution in [0.1, 0.15) is 5.56 Å². The number of rotatable bonds is 4. The van der Waals surface area contributed by atoms with Gasteiger partial charge in [-0.3, -0.25) is 0 Å². The van der Waals surface area contributed by atoms with Crippen LogP contribution >= 0.6 is 23.2 Å². The number of aromatic amines is 1. The molecule has 0 aliphatic heterocycles. The van der Waals surface area contributed by atoms with Crippen LogP contribution in [0, 0.1) is 0 Å². The molecule has 3 aromatic rings. The second-order valence-corrected chi connectivity index (χ2v) is 5.36. The summed E-state index contributed by atoms with van der Waals surface area (Å²) in [6.07, 6.45) is 0.813. The predicted molar refractivity (Wildman–Crippen MR) is 84.7 cm³/mol. The van der Waals surface area contributed by atoms with Crippen molar-refractivity contribution in [1.29, 1.82) is 0 Å².